The zero-order valence-corrected chi connectivity index (χ0v) is 7.82. The molecule has 1 aliphatic heterocycles. The fourth-order valence-corrected chi connectivity index (χ4v) is 2.20. The molecule has 62 valence electrons. The largest absolute Gasteiger partial charge is 0.255 e. The van der Waals surface area contributed by atoms with Crippen molar-refractivity contribution in [3.63, 3.8) is 0 Å². The van der Waals surface area contributed by atoms with Crippen molar-refractivity contribution in [1.29, 1.82) is 0 Å². The van der Waals surface area contributed by atoms with Gasteiger partial charge in [-0.2, -0.15) is 0 Å². The summed E-state index contributed by atoms with van der Waals surface area (Å²) in [6.45, 7) is 3.06. The Morgan fingerprint density at radius 2 is 2.25 bits per heavy atom. The second kappa shape index (κ2) is 3.33. The highest BCUT2D eigenvalue weighted by Crippen LogP contribution is 2.30. The van der Waals surface area contributed by atoms with Crippen molar-refractivity contribution in [2.24, 2.45) is 0 Å². The minimum Gasteiger partial charge on any atom is -0.255 e. The molecule has 2 rings (SSSR count). The van der Waals surface area contributed by atoms with Gasteiger partial charge in [0.15, 0.2) is 0 Å². The maximum absolute atomic E-state index is 3.29. The molecule has 1 nitrogen and oxygen atoms in total. The predicted molar refractivity (Wildman–Crippen MR) is 54.0 cm³/mol. The Balaban J connectivity index is 2.51. The molecule has 0 spiro atoms. The standard InChI is InChI=1S/C10H11NS/c1-2-8-7-11-12-10-6-4-3-5-9(8)10/h2-6,11H,7H2,1H3. The van der Waals surface area contributed by atoms with Gasteiger partial charge in [-0.15, -0.1) is 0 Å². The number of rotatable bonds is 0. The second-order valence-electron chi connectivity index (χ2n) is 2.73. The van der Waals surface area contributed by atoms with Crippen molar-refractivity contribution < 1.29 is 0 Å². The first-order valence-corrected chi connectivity index (χ1v) is 4.88. The molecule has 1 aliphatic rings. The second-order valence-corrected chi connectivity index (χ2v) is 3.67. The van der Waals surface area contributed by atoms with Crippen LogP contribution in [0.15, 0.2) is 35.2 Å². The van der Waals surface area contributed by atoms with E-state index in [2.05, 4.69) is 42.0 Å². The van der Waals surface area contributed by atoms with Crippen LogP contribution in [-0.4, -0.2) is 6.54 Å². The Morgan fingerprint density at radius 1 is 1.42 bits per heavy atom. The summed E-state index contributed by atoms with van der Waals surface area (Å²) < 4.78 is 3.29. The molecule has 2 heteroatoms. The van der Waals surface area contributed by atoms with E-state index in [4.69, 9.17) is 0 Å². The minimum atomic E-state index is 0.970. The summed E-state index contributed by atoms with van der Waals surface area (Å²) in [5.74, 6) is 0. The smallest absolute Gasteiger partial charge is 0.0316 e. The van der Waals surface area contributed by atoms with Crippen LogP contribution in [0.25, 0.3) is 5.57 Å². The van der Waals surface area contributed by atoms with E-state index in [1.165, 1.54) is 16.0 Å². The molecule has 0 atom stereocenters. The summed E-state index contributed by atoms with van der Waals surface area (Å²) in [5, 5.41) is 0. The summed E-state index contributed by atoms with van der Waals surface area (Å²) in [7, 11) is 0. The summed E-state index contributed by atoms with van der Waals surface area (Å²) in [6, 6.07) is 8.49. The van der Waals surface area contributed by atoms with E-state index in [1.54, 1.807) is 11.9 Å². The van der Waals surface area contributed by atoms with Gasteiger partial charge in [0, 0.05) is 11.4 Å². The van der Waals surface area contributed by atoms with Crippen LogP contribution in [0.1, 0.15) is 12.5 Å². The van der Waals surface area contributed by atoms with Gasteiger partial charge in [0.1, 0.15) is 0 Å². The summed E-state index contributed by atoms with van der Waals surface area (Å²) >= 11 is 1.72. The van der Waals surface area contributed by atoms with Gasteiger partial charge in [0.25, 0.3) is 0 Å². The molecule has 0 radical (unpaired) electrons. The highest BCUT2D eigenvalue weighted by Gasteiger charge is 2.11. The SMILES string of the molecule is CC=C1CNSc2ccccc21. The van der Waals surface area contributed by atoms with Crippen LogP contribution in [0.5, 0.6) is 0 Å². The number of hydrogen-bond donors (Lipinski definition) is 1. The molecule has 0 saturated carbocycles. The van der Waals surface area contributed by atoms with Crippen molar-refractivity contribution in [3.8, 4) is 0 Å². The minimum absolute atomic E-state index is 0.970. The van der Waals surface area contributed by atoms with E-state index in [1.807, 2.05) is 0 Å². The number of allylic oxidation sites excluding steroid dienone is 1. The number of hydrogen-bond acceptors (Lipinski definition) is 2. The maximum atomic E-state index is 3.29. The lowest BCUT2D eigenvalue weighted by atomic mass is 10.1. The topological polar surface area (TPSA) is 12.0 Å². The third kappa shape index (κ3) is 1.28. The van der Waals surface area contributed by atoms with E-state index in [0.717, 1.165) is 6.54 Å². The van der Waals surface area contributed by atoms with Crippen LogP contribution >= 0.6 is 11.9 Å². The van der Waals surface area contributed by atoms with E-state index >= 15 is 0 Å². The molecule has 0 aliphatic carbocycles. The lowest BCUT2D eigenvalue weighted by Gasteiger charge is -2.18. The average Bonchev–Trinajstić information content (AvgIpc) is 2.17. The van der Waals surface area contributed by atoms with E-state index in [9.17, 15) is 0 Å². The van der Waals surface area contributed by atoms with Crippen molar-refractivity contribution >= 4 is 17.5 Å². The molecule has 1 heterocycles. The lowest BCUT2D eigenvalue weighted by Crippen LogP contribution is -2.13. The quantitative estimate of drug-likeness (QED) is 0.611. The molecule has 0 bridgehead atoms. The number of benzene rings is 1. The Hall–Kier alpha value is -0.730. The molecule has 0 unspecified atom stereocenters. The van der Waals surface area contributed by atoms with Crippen LogP contribution in [0.2, 0.25) is 0 Å². The van der Waals surface area contributed by atoms with E-state index in [0.29, 0.717) is 0 Å². The van der Waals surface area contributed by atoms with Crippen molar-refractivity contribution in [3.05, 3.63) is 35.9 Å². The molecular weight excluding hydrogens is 166 g/mol. The van der Waals surface area contributed by atoms with Gasteiger partial charge in [-0.05, 0) is 36.1 Å². The van der Waals surface area contributed by atoms with E-state index < -0.39 is 0 Å². The van der Waals surface area contributed by atoms with Gasteiger partial charge < -0.3 is 0 Å². The van der Waals surface area contributed by atoms with Crippen molar-refractivity contribution in [1.82, 2.24) is 4.72 Å². The molecule has 0 fully saturated rings. The highest BCUT2D eigenvalue weighted by molar-refractivity contribution is 7.97. The van der Waals surface area contributed by atoms with Crippen LogP contribution in [0.3, 0.4) is 0 Å². The molecule has 12 heavy (non-hydrogen) atoms. The monoisotopic (exact) mass is 177 g/mol. The first kappa shape index (κ1) is 7.90. The zero-order chi connectivity index (χ0) is 8.39. The fourth-order valence-electron chi connectivity index (χ4n) is 1.37. The maximum Gasteiger partial charge on any atom is 0.0316 e. The lowest BCUT2D eigenvalue weighted by molar-refractivity contribution is 1.09. The Kier molecular flexibility index (Phi) is 2.19. The van der Waals surface area contributed by atoms with Crippen LogP contribution < -0.4 is 4.72 Å². The van der Waals surface area contributed by atoms with Gasteiger partial charge in [-0.1, -0.05) is 24.3 Å². The van der Waals surface area contributed by atoms with Crippen LogP contribution in [0, 0.1) is 0 Å². The normalized spacial score (nSPS) is 19.2. The third-order valence-corrected chi connectivity index (χ3v) is 2.89. The summed E-state index contributed by atoms with van der Waals surface area (Å²) in [6.07, 6.45) is 2.17. The highest BCUT2D eigenvalue weighted by atomic mass is 32.2. The van der Waals surface area contributed by atoms with Gasteiger partial charge in [-0.3, -0.25) is 4.72 Å². The Labute approximate surface area is 77.0 Å². The van der Waals surface area contributed by atoms with Gasteiger partial charge in [0.2, 0.25) is 0 Å². The van der Waals surface area contributed by atoms with Gasteiger partial charge >= 0.3 is 0 Å². The third-order valence-electron chi connectivity index (χ3n) is 2.03. The molecule has 1 aromatic carbocycles. The first-order chi connectivity index (χ1) is 5.92. The summed E-state index contributed by atoms with van der Waals surface area (Å²) in [4.78, 5) is 1.33. The van der Waals surface area contributed by atoms with E-state index in [-0.39, 0.29) is 0 Å². The van der Waals surface area contributed by atoms with Crippen LogP contribution in [0.4, 0.5) is 0 Å². The fraction of sp³-hybridized carbons (Fsp3) is 0.200. The summed E-state index contributed by atoms with van der Waals surface area (Å²) in [5.41, 5.74) is 2.77. The van der Waals surface area contributed by atoms with Crippen LogP contribution in [-0.2, 0) is 0 Å². The molecule has 0 amide bonds. The molecule has 0 saturated heterocycles. The molecule has 1 aromatic rings. The average molecular weight is 177 g/mol. The zero-order valence-electron chi connectivity index (χ0n) is 7.00. The Bertz CT molecular complexity index is 317. The molecule has 1 N–H and O–H groups in total. The molecule has 0 aromatic heterocycles. The number of fused-ring (bicyclic) bond motifs is 1. The first-order valence-electron chi connectivity index (χ1n) is 4.06. The number of nitrogens with one attached hydrogen (secondary N) is 1. The molecular formula is C10H11NS. The van der Waals surface area contributed by atoms with Gasteiger partial charge in [0.05, 0.1) is 0 Å². The predicted octanol–water partition coefficient (Wildman–Crippen LogP) is 2.70. The van der Waals surface area contributed by atoms with Crippen molar-refractivity contribution in [2.45, 2.75) is 11.8 Å². The Morgan fingerprint density at radius 3 is 3.08 bits per heavy atom. The van der Waals surface area contributed by atoms with Crippen molar-refractivity contribution in [2.75, 3.05) is 6.54 Å². The van der Waals surface area contributed by atoms with Gasteiger partial charge in [-0.25, -0.2) is 0 Å².